The molecule has 1 saturated heterocycles. The van der Waals surface area contributed by atoms with Crippen molar-refractivity contribution in [2.75, 3.05) is 13.1 Å². The molecule has 21 heavy (non-hydrogen) atoms. The summed E-state index contributed by atoms with van der Waals surface area (Å²) in [5, 5.41) is 8.06. The molecular weight excluding hydrogens is 262 g/mol. The van der Waals surface area contributed by atoms with Crippen molar-refractivity contribution in [3.63, 3.8) is 0 Å². The fraction of sp³-hybridized carbons (Fsp3) is 0.765. The van der Waals surface area contributed by atoms with Crippen molar-refractivity contribution in [1.29, 1.82) is 0 Å². The Morgan fingerprint density at radius 2 is 2.24 bits per heavy atom. The number of Topliss-reactive ketones (excluding diaryl/α,β-unsaturated/α-hetero) is 1. The predicted octanol–water partition coefficient (Wildman–Crippen LogP) is 2.89. The Kier molecular flexibility index (Phi) is 4.43. The lowest BCUT2D eigenvalue weighted by Crippen LogP contribution is -2.45. The number of hydrogen-bond acceptors (Lipinski definition) is 3. The molecule has 1 aliphatic heterocycles. The molecule has 1 atom stereocenters. The van der Waals surface area contributed by atoms with Crippen molar-refractivity contribution in [2.24, 2.45) is 5.41 Å². The molecule has 2 fully saturated rings. The molecule has 1 aromatic rings. The molecular formula is C17H27N3O. The standard InChI is InChI=1S/C17H27N3O/c1-2-17(9-5-10-18-13-17)16(21)12-14-8-11-20(19-14)15-6-3-4-7-15/h8,11,15,18H,2-7,9-10,12-13H2,1H3. The van der Waals surface area contributed by atoms with Crippen LogP contribution < -0.4 is 5.32 Å². The average molecular weight is 289 g/mol. The highest BCUT2D eigenvalue weighted by molar-refractivity contribution is 5.86. The van der Waals surface area contributed by atoms with E-state index >= 15 is 0 Å². The third kappa shape index (κ3) is 3.05. The summed E-state index contributed by atoms with van der Waals surface area (Å²) in [4.78, 5) is 12.8. The van der Waals surface area contributed by atoms with Gasteiger partial charge < -0.3 is 5.32 Å². The number of ketones is 1. The second-order valence-electron chi connectivity index (χ2n) is 6.74. The first-order valence-electron chi connectivity index (χ1n) is 8.51. The third-order valence-electron chi connectivity index (χ3n) is 5.44. The Bertz CT molecular complexity index is 482. The van der Waals surface area contributed by atoms with Gasteiger partial charge in [0.05, 0.1) is 18.2 Å². The van der Waals surface area contributed by atoms with Crippen LogP contribution in [0.4, 0.5) is 0 Å². The number of carbonyl (C=O) groups excluding carboxylic acids is 1. The van der Waals surface area contributed by atoms with Crippen molar-refractivity contribution >= 4 is 5.78 Å². The van der Waals surface area contributed by atoms with Gasteiger partial charge in [0.15, 0.2) is 0 Å². The van der Waals surface area contributed by atoms with Crippen molar-refractivity contribution in [3.05, 3.63) is 18.0 Å². The molecule has 1 N–H and O–H groups in total. The van der Waals surface area contributed by atoms with E-state index < -0.39 is 0 Å². The van der Waals surface area contributed by atoms with Gasteiger partial charge in [0.25, 0.3) is 0 Å². The van der Waals surface area contributed by atoms with E-state index in [4.69, 9.17) is 0 Å². The minimum absolute atomic E-state index is 0.157. The highest BCUT2D eigenvalue weighted by Crippen LogP contribution is 2.33. The van der Waals surface area contributed by atoms with Gasteiger partial charge in [-0.25, -0.2) is 0 Å². The highest BCUT2D eigenvalue weighted by atomic mass is 16.1. The van der Waals surface area contributed by atoms with Gasteiger partial charge in [-0.3, -0.25) is 9.48 Å². The van der Waals surface area contributed by atoms with Crippen molar-refractivity contribution < 1.29 is 4.79 Å². The first-order valence-corrected chi connectivity index (χ1v) is 8.51. The number of nitrogens with one attached hydrogen (secondary N) is 1. The Morgan fingerprint density at radius 1 is 1.43 bits per heavy atom. The van der Waals surface area contributed by atoms with E-state index in [-0.39, 0.29) is 5.41 Å². The average Bonchev–Trinajstić information content (AvgIpc) is 3.18. The molecule has 3 rings (SSSR count). The van der Waals surface area contributed by atoms with Gasteiger partial charge >= 0.3 is 0 Å². The largest absolute Gasteiger partial charge is 0.316 e. The maximum Gasteiger partial charge on any atom is 0.146 e. The van der Waals surface area contributed by atoms with Crippen molar-refractivity contribution in [2.45, 2.75) is 64.3 Å². The summed E-state index contributed by atoms with van der Waals surface area (Å²) in [6.07, 6.45) is 10.7. The molecule has 1 aromatic heterocycles. The zero-order chi connectivity index (χ0) is 14.7. The normalized spacial score (nSPS) is 27.1. The van der Waals surface area contributed by atoms with Crippen molar-refractivity contribution in [1.82, 2.24) is 15.1 Å². The van der Waals surface area contributed by atoms with Crippen LogP contribution in [0, 0.1) is 5.41 Å². The zero-order valence-corrected chi connectivity index (χ0v) is 13.1. The topological polar surface area (TPSA) is 46.9 Å². The van der Waals surface area contributed by atoms with E-state index in [0.29, 0.717) is 18.2 Å². The van der Waals surface area contributed by atoms with Gasteiger partial charge in [-0.2, -0.15) is 5.10 Å². The van der Waals surface area contributed by atoms with Gasteiger partial charge in [0, 0.05) is 18.2 Å². The number of rotatable bonds is 5. The quantitative estimate of drug-likeness (QED) is 0.906. The molecule has 2 heterocycles. The predicted molar refractivity (Wildman–Crippen MR) is 83.3 cm³/mol. The van der Waals surface area contributed by atoms with Gasteiger partial charge in [-0.1, -0.05) is 19.8 Å². The molecule has 0 radical (unpaired) electrons. The SMILES string of the molecule is CCC1(C(=O)Cc2ccn(C3CCCC3)n2)CCCNC1. The van der Waals surface area contributed by atoms with E-state index in [0.717, 1.165) is 38.0 Å². The summed E-state index contributed by atoms with van der Waals surface area (Å²) >= 11 is 0. The van der Waals surface area contributed by atoms with Crippen LogP contribution in [-0.2, 0) is 11.2 Å². The molecule has 1 unspecified atom stereocenters. The fourth-order valence-corrected chi connectivity index (χ4v) is 3.90. The lowest BCUT2D eigenvalue weighted by molar-refractivity contribution is -0.129. The van der Waals surface area contributed by atoms with E-state index in [1.54, 1.807) is 0 Å². The minimum atomic E-state index is -0.157. The Labute approximate surface area is 127 Å². The minimum Gasteiger partial charge on any atom is -0.316 e. The van der Waals surface area contributed by atoms with Crippen LogP contribution in [0.2, 0.25) is 0 Å². The first-order chi connectivity index (χ1) is 10.2. The van der Waals surface area contributed by atoms with Crippen LogP contribution in [0.5, 0.6) is 0 Å². The Morgan fingerprint density at radius 3 is 2.90 bits per heavy atom. The summed E-state index contributed by atoms with van der Waals surface area (Å²) in [5.41, 5.74) is 0.792. The summed E-state index contributed by atoms with van der Waals surface area (Å²) in [6.45, 7) is 4.03. The molecule has 0 amide bonds. The smallest absolute Gasteiger partial charge is 0.146 e. The maximum absolute atomic E-state index is 12.8. The van der Waals surface area contributed by atoms with Crippen LogP contribution in [0.1, 0.15) is 63.6 Å². The molecule has 2 aliphatic rings. The lowest BCUT2D eigenvalue weighted by Gasteiger charge is -2.35. The van der Waals surface area contributed by atoms with E-state index in [2.05, 4.69) is 28.2 Å². The van der Waals surface area contributed by atoms with Crippen LogP contribution in [-0.4, -0.2) is 28.7 Å². The number of nitrogens with zero attached hydrogens (tertiary/aromatic N) is 2. The molecule has 1 aliphatic carbocycles. The highest BCUT2D eigenvalue weighted by Gasteiger charge is 2.37. The molecule has 4 nitrogen and oxygen atoms in total. The first kappa shape index (κ1) is 14.8. The van der Waals surface area contributed by atoms with E-state index in [1.807, 2.05) is 6.07 Å². The van der Waals surface area contributed by atoms with Gasteiger partial charge in [0.2, 0.25) is 0 Å². The number of aromatic nitrogens is 2. The van der Waals surface area contributed by atoms with Crippen LogP contribution in [0.3, 0.4) is 0 Å². The third-order valence-corrected chi connectivity index (χ3v) is 5.44. The van der Waals surface area contributed by atoms with Gasteiger partial charge in [-0.15, -0.1) is 0 Å². The van der Waals surface area contributed by atoms with Gasteiger partial charge in [0.1, 0.15) is 5.78 Å². The molecule has 116 valence electrons. The monoisotopic (exact) mass is 289 g/mol. The summed E-state index contributed by atoms with van der Waals surface area (Å²) < 4.78 is 2.09. The number of piperidine rings is 1. The van der Waals surface area contributed by atoms with E-state index in [1.165, 1.54) is 25.7 Å². The van der Waals surface area contributed by atoms with Gasteiger partial charge in [-0.05, 0) is 44.7 Å². The Balaban J connectivity index is 1.66. The summed E-state index contributed by atoms with van der Waals surface area (Å²) in [7, 11) is 0. The van der Waals surface area contributed by atoms with Crippen LogP contribution >= 0.6 is 0 Å². The van der Waals surface area contributed by atoms with E-state index in [9.17, 15) is 4.79 Å². The number of carbonyl (C=O) groups is 1. The fourth-order valence-electron chi connectivity index (χ4n) is 3.90. The molecule has 0 aromatic carbocycles. The maximum atomic E-state index is 12.8. The Hall–Kier alpha value is -1.16. The zero-order valence-electron chi connectivity index (χ0n) is 13.1. The number of hydrogen-bond donors (Lipinski definition) is 1. The molecule has 4 heteroatoms. The summed E-state index contributed by atoms with van der Waals surface area (Å²) in [6, 6.07) is 2.60. The van der Waals surface area contributed by atoms with Crippen LogP contribution in [0.15, 0.2) is 12.3 Å². The second-order valence-corrected chi connectivity index (χ2v) is 6.74. The molecule has 0 spiro atoms. The molecule has 0 bridgehead atoms. The summed E-state index contributed by atoms with van der Waals surface area (Å²) in [5.74, 6) is 0.369. The van der Waals surface area contributed by atoms with Crippen molar-refractivity contribution in [3.8, 4) is 0 Å². The lowest BCUT2D eigenvalue weighted by atomic mass is 9.73. The molecule has 1 saturated carbocycles. The second kappa shape index (κ2) is 6.30. The van der Waals surface area contributed by atoms with Crippen LogP contribution in [0.25, 0.3) is 0 Å².